The summed E-state index contributed by atoms with van der Waals surface area (Å²) < 4.78 is 7.60. The highest BCUT2D eigenvalue weighted by Gasteiger charge is 2.21. The summed E-state index contributed by atoms with van der Waals surface area (Å²) >= 11 is 0. The third-order valence-electron chi connectivity index (χ3n) is 3.83. The maximum atomic E-state index is 12.1. The van der Waals surface area contributed by atoms with Crippen LogP contribution in [0, 0.1) is 11.8 Å². The van der Waals surface area contributed by atoms with E-state index in [-0.39, 0.29) is 17.9 Å². The van der Waals surface area contributed by atoms with Crippen molar-refractivity contribution < 1.29 is 9.53 Å². The second-order valence-electron chi connectivity index (χ2n) is 5.87. The van der Waals surface area contributed by atoms with Crippen LogP contribution in [0.4, 0.5) is 0 Å². The number of hydrogen-bond acceptors (Lipinski definition) is 4. The Hall–Kier alpha value is -1.43. The van der Waals surface area contributed by atoms with Gasteiger partial charge in [-0.1, -0.05) is 26.0 Å². The second-order valence-corrected chi connectivity index (χ2v) is 5.87. The zero-order chi connectivity index (χ0) is 14.5. The number of aryl methyl sites for hydroxylation is 1. The Morgan fingerprint density at radius 3 is 3.05 bits per heavy atom. The van der Waals surface area contributed by atoms with E-state index < -0.39 is 0 Å². The van der Waals surface area contributed by atoms with Crippen LogP contribution in [0.2, 0.25) is 0 Å². The smallest absolute Gasteiger partial charge is 0.223 e. The summed E-state index contributed by atoms with van der Waals surface area (Å²) in [6, 6.07) is 0.0497. The van der Waals surface area contributed by atoms with Gasteiger partial charge in [-0.25, -0.2) is 4.68 Å². The summed E-state index contributed by atoms with van der Waals surface area (Å²) in [4.78, 5) is 12.1. The predicted molar refractivity (Wildman–Crippen MR) is 74.8 cm³/mol. The molecule has 112 valence electrons. The van der Waals surface area contributed by atoms with Crippen LogP contribution in [0.3, 0.4) is 0 Å². The van der Waals surface area contributed by atoms with Crippen LogP contribution < -0.4 is 5.32 Å². The van der Waals surface area contributed by atoms with E-state index in [1.807, 2.05) is 11.6 Å². The Morgan fingerprint density at radius 1 is 1.50 bits per heavy atom. The number of aromatic nitrogens is 3. The predicted octanol–water partition coefficient (Wildman–Crippen LogP) is 1.37. The third-order valence-corrected chi connectivity index (χ3v) is 3.83. The average Bonchev–Trinajstić information content (AvgIpc) is 2.83. The van der Waals surface area contributed by atoms with Crippen molar-refractivity contribution in [3.63, 3.8) is 0 Å². The Labute approximate surface area is 119 Å². The highest BCUT2D eigenvalue weighted by Crippen LogP contribution is 2.12. The fourth-order valence-electron chi connectivity index (χ4n) is 2.27. The fraction of sp³-hybridized carbons (Fsp3) is 0.786. The molecule has 1 aromatic rings. The molecule has 0 saturated heterocycles. The van der Waals surface area contributed by atoms with Crippen molar-refractivity contribution >= 4 is 5.91 Å². The van der Waals surface area contributed by atoms with Gasteiger partial charge in [0.05, 0.1) is 31.1 Å². The minimum absolute atomic E-state index is 0.0163. The van der Waals surface area contributed by atoms with E-state index in [0.717, 1.165) is 25.1 Å². The van der Waals surface area contributed by atoms with Crippen molar-refractivity contribution in [2.24, 2.45) is 11.8 Å². The largest absolute Gasteiger partial charge is 0.373 e. The lowest BCUT2D eigenvalue weighted by molar-refractivity contribution is -0.126. The molecule has 0 aliphatic carbocycles. The highest BCUT2D eigenvalue weighted by molar-refractivity contribution is 5.78. The number of ether oxygens (including phenoxy) is 1. The molecule has 2 rings (SSSR count). The molecular weight excluding hydrogens is 256 g/mol. The van der Waals surface area contributed by atoms with Crippen LogP contribution in [-0.4, -0.2) is 33.5 Å². The molecule has 1 amide bonds. The molecule has 1 aromatic heterocycles. The number of hydrogen-bond donors (Lipinski definition) is 1. The molecule has 0 aromatic carbocycles. The van der Waals surface area contributed by atoms with Gasteiger partial charge in [-0.05, 0) is 18.8 Å². The van der Waals surface area contributed by atoms with Crippen LogP contribution in [0.25, 0.3) is 0 Å². The normalized spacial score (nSPS) is 25.5. The Bertz CT molecular complexity index is 444. The molecule has 0 radical (unpaired) electrons. The monoisotopic (exact) mass is 280 g/mol. The number of rotatable bonds is 1. The number of nitrogens with zero attached hydrogens (tertiary/aromatic N) is 3. The zero-order valence-corrected chi connectivity index (χ0v) is 12.5. The summed E-state index contributed by atoms with van der Waals surface area (Å²) in [5.74, 6) is 0.478. The molecule has 1 aliphatic rings. The van der Waals surface area contributed by atoms with E-state index >= 15 is 0 Å². The third kappa shape index (κ3) is 3.79. The quantitative estimate of drug-likeness (QED) is 0.843. The molecule has 0 bridgehead atoms. The Morgan fingerprint density at radius 2 is 2.30 bits per heavy atom. The fourth-order valence-corrected chi connectivity index (χ4v) is 2.27. The van der Waals surface area contributed by atoms with Crippen molar-refractivity contribution in [3.8, 4) is 0 Å². The van der Waals surface area contributed by atoms with Gasteiger partial charge in [0.15, 0.2) is 0 Å². The molecule has 6 nitrogen and oxygen atoms in total. The lowest BCUT2D eigenvalue weighted by Crippen LogP contribution is -2.44. The summed E-state index contributed by atoms with van der Waals surface area (Å²) in [6.07, 6.45) is 3.52. The van der Waals surface area contributed by atoms with Gasteiger partial charge in [0.2, 0.25) is 5.91 Å². The summed E-state index contributed by atoms with van der Waals surface area (Å²) in [6.45, 7) is 7.95. The van der Waals surface area contributed by atoms with Crippen LogP contribution in [-0.2, 0) is 22.7 Å². The van der Waals surface area contributed by atoms with Gasteiger partial charge in [-0.2, -0.15) is 0 Å². The molecular formula is C14H24N4O2. The molecule has 0 spiro atoms. The molecule has 0 fully saturated rings. The van der Waals surface area contributed by atoms with Gasteiger partial charge in [0.25, 0.3) is 0 Å². The molecule has 1 aliphatic heterocycles. The first-order valence-electron chi connectivity index (χ1n) is 7.33. The molecule has 2 heterocycles. The van der Waals surface area contributed by atoms with Crippen LogP contribution in [0.5, 0.6) is 0 Å². The van der Waals surface area contributed by atoms with Crippen molar-refractivity contribution in [1.82, 2.24) is 20.3 Å². The van der Waals surface area contributed by atoms with E-state index in [2.05, 4.69) is 29.5 Å². The van der Waals surface area contributed by atoms with Crippen molar-refractivity contribution in [2.75, 3.05) is 6.61 Å². The average molecular weight is 280 g/mol. The number of amides is 1. The van der Waals surface area contributed by atoms with Gasteiger partial charge < -0.3 is 10.1 Å². The number of carbonyl (C=O) groups is 1. The lowest BCUT2D eigenvalue weighted by Gasteiger charge is -2.25. The standard InChI is InChI=1S/C14H24N4O2/c1-10(2)13-9-20-8-12-7-15-17-18(12)6-4-5-11(3)14(19)16-13/h7,10-11,13H,4-6,8-9H2,1-3H3,(H,16,19)/t11-,13-/m0/s1. The molecule has 1 N–H and O–H groups in total. The van der Waals surface area contributed by atoms with Crippen molar-refractivity contribution in [3.05, 3.63) is 11.9 Å². The molecule has 0 unspecified atom stereocenters. The number of carbonyl (C=O) groups excluding carboxylic acids is 1. The second kappa shape index (κ2) is 6.83. The summed E-state index contributed by atoms with van der Waals surface area (Å²) in [7, 11) is 0. The summed E-state index contributed by atoms with van der Waals surface area (Å²) in [5.41, 5.74) is 0.993. The first kappa shape index (κ1) is 15.0. The van der Waals surface area contributed by atoms with Gasteiger partial charge in [-0.15, -0.1) is 5.10 Å². The van der Waals surface area contributed by atoms with Crippen LogP contribution >= 0.6 is 0 Å². The Kier molecular flexibility index (Phi) is 5.11. The Balaban J connectivity index is 2.09. The molecule has 6 heteroatoms. The van der Waals surface area contributed by atoms with E-state index in [9.17, 15) is 4.79 Å². The van der Waals surface area contributed by atoms with Crippen LogP contribution in [0.15, 0.2) is 6.20 Å². The first-order chi connectivity index (χ1) is 9.58. The van der Waals surface area contributed by atoms with Crippen molar-refractivity contribution in [1.29, 1.82) is 0 Å². The minimum atomic E-state index is 0.0163. The highest BCUT2D eigenvalue weighted by atomic mass is 16.5. The molecule has 0 saturated carbocycles. The number of nitrogens with one attached hydrogen (secondary N) is 1. The zero-order valence-electron chi connectivity index (χ0n) is 12.5. The van der Waals surface area contributed by atoms with Crippen LogP contribution in [0.1, 0.15) is 39.3 Å². The SMILES string of the molecule is CC(C)[C@@H]1COCc2cnnn2CCC[C@H](C)C(=O)N1. The topological polar surface area (TPSA) is 69.0 Å². The molecule has 20 heavy (non-hydrogen) atoms. The molecule has 2 atom stereocenters. The first-order valence-corrected chi connectivity index (χ1v) is 7.33. The maximum absolute atomic E-state index is 12.1. The van der Waals surface area contributed by atoms with E-state index in [1.165, 1.54) is 0 Å². The van der Waals surface area contributed by atoms with Crippen molar-refractivity contribution in [2.45, 2.75) is 52.8 Å². The minimum Gasteiger partial charge on any atom is -0.373 e. The van der Waals surface area contributed by atoms with E-state index in [0.29, 0.717) is 19.1 Å². The summed E-state index contributed by atoms with van der Waals surface area (Å²) in [5, 5.41) is 11.1. The lowest BCUT2D eigenvalue weighted by atomic mass is 10.0. The van der Waals surface area contributed by atoms with Gasteiger partial charge in [0, 0.05) is 12.5 Å². The van der Waals surface area contributed by atoms with E-state index in [4.69, 9.17) is 4.74 Å². The maximum Gasteiger partial charge on any atom is 0.223 e. The van der Waals surface area contributed by atoms with Gasteiger partial charge >= 0.3 is 0 Å². The van der Waals surface area contributed by atoms with Gasteiger partial charge in [-0.3, -0.25) is 4.79 Å². The van der Waals surface area contributed by atoms with Gasteiger partial charge in [0.1, 0.15) is 0 Å². The van der Waals surface area contributed by atoms with E-state index in [1.54, 1.807) is 6.20 Å². The number of fused-ring (bicyclic) bond motifs is 1.